The number of fused-ring (bicyclic) bond motifs is 4. The minimum Gasteiger partial charge on any atom is -0.496 e. The lowest BCUT2D eigenvalue weighted by Gasteiger charge is -2.13. The van der Waals surface area contributed by atoms with E-state index in [1.165, 1.54) is 28.4 Å². The number of rotatable bonds is 15. The number of H-pyrrole nitrogens is 1. The van der Waals surface area contributed by atoms with Gasteiger partial charge in [0.15, 0.2) is 11.6 Å². The Morgan fingerprint density at radius 3 is 1.51 bits per heavy atom. The Bertz CT molecular complexity index is 3700. The van der Waals surface area contributed by atoms with E-state index < -0.39 is 11.9 Å². The van der Waals surface area contributed by atoms with E-state index in [2.05, 4.69) is 31.0 Å². The van der Waals surface area contributed by atoms with Gasteiger partial charge >= 0.3 is 11.9 Å². The average Bonchev–Trinajstić information content (AvgIpc) is 3.95. The molecule has 13 heteroatoms. The lowest BCUT2D eigenvalue weighted by molar-refractivity contribution is 0.0588. The van der Waals surface area contributed by atoms with Crippen LogP contribution in [0.25, 0.3) is 43.4 Å². The quantitative estimate of drug-likeness (QED) is 0.0514. The number of alkyl halides is 1. The zero-order chi connectivity index (χ0) is 53.0. The molecule has 0 saturated carbocycles. The van der Waals surface area contributed by atoms with Crippen molar-refractivity contribution in [3.63, 3.8) is 0 Å². The summed E-state index contributed by atoms with van der Waals surface area (Å²) in [5.74, 6) is 0.684. The number of esters is 2. The molecule has 0 aliphatic heterocycles. The third-order valence-electron chi connectivity index (χ3n) is 12.9. The fourth-order valence-corrected chi connectivity index (χ4v) is 9.45. The molecular formula is C62H57ClN4O8. The molecule has 12 nitrogen and oxygen atoms in total. The second-order valence-corrected chi connectivity index (χ2v) is 17.7. The van der Waals surface area contributed by atoms with Gasteiger partial charge in [-0.2, -0.15) is 0 Å². The summed E-state index contributed by atoms with van der Waals surface area (Å²) in [4.78, 5) is 53.7. The first-order chi connectivity index (χ1) is 36.5. The summed E-state index contributed by atoms with van der Waals surface area (Å²) in [7, 11) is 5.71. The van der Waals surface area contributed by atoms with Crippen LogP contribution in [0.1, 0.15) is 63.9 Å². The van der Waals surface area contributed by atoms with Crippen molar-refractivity contribution in [2.45, 2.75) is 20.4 Å². The van der Waals surface area contributed by atoms with Gasteiger partial charge < -0.3 is 39.1 Å². The van der Waals surface area contributed by atoms with Crippen molar-refractivity contribution < 1.29 is 38.1 Å². The van der Waals surface area contributed by atoms with E-state index in [9.17, 15) is 19.2 Å². The van der Waals surface area contributed by atoms with Gasteiger partial charge in [-0.15, -0.1) is 11.6 Å². The zero-order valence-corrected chi connectivity index (χ0v) is 43.3. The molecule has 0 radical (unpaired) electrons. The summed E-state index contributed by atoms with van der Waals surface area (Å²) in [5, 5.41) is 12.5. The Balaban J connectivity index is 0.000000166. The molecule has 2 aromatic heterocycles. The van der Waals surface area contributed by atoms with Crippen molar-refractivity contribution >= 4 is 89.8 Å². The van der Waals surface area contributed by atoms with Crippen molar-refractivity contribution in [2.24, 2.45) is 0 Å². The Hall–Kier alpha value is -8.87. The third-order valence-corrected chi connectivity index (χ3v) is 13.1. The molecule has 8 aromatic carbocycles. The molecule has 0 bridgehead atoms. The van der Waals surface area contributed by atoms with Gasteiger partial charge in [0.2, 0.25) is 0 Å². The second kappa shape index (κ2) is 24.2. The van der Waals surface area contributed by atoms with E-state index in [0.29, 0.717) is 53.7 Å². The van der Waals surface area contributed by atoms with Gasteiger partial charge in [-0.3, -0.25) is 9.59 Å². The molecule has 0 aliphatic carbocycles. The molecule has 0 amide bonds. The number of aryl methyl sites for hydroxylation is 1. The molecule has 0 atom stereocenters. The number of carbonyl (C=O) groups is 4. The van der Waals surface area contributed by atoms with Gasteiger partial charge in [0.1, 0.15) is 22.6 Å². The number of ether oxygens (including phenoxy) is 4. The summed E-state index contributed by atoms with van der Waals surface area (Å²) >= 11 is 5.56. The first-order valence-electron chi connectivity index (χ1n) is 24.3. The normalized spacial score (nSPS) is 10.8. The Kier molecular flexibility index (Phi) is 16.9. The van der Waals surface area contributed by atoms with E-state index in [1.807, 2.05) is 147 Å². The molecule has 0 spiro atoms. The Morgan fingerprint density at radius 2 is 0.973 bits per heavy atom. The van der Waals surface area contributed by atoms with Gasteiger partial charge in [-0.25, -0.2) is 9.59 Å². The smallest absolute Gasteiger partial charge is 0.341 e. The van der Waals surface area contributed by atoms with Gasteiger partial charge in [0, 0.05) is 93.3 Å². The molecule has 10 rings (SSSR count). The number of benzene rings is 8. The largest absolute Gasteiger partial charge is 0.496 e. The standard InChI is InChI=1S/C31H28N2O4.C20H15NO.C11H14ClNO3/c1-20-29(30(34)24-13-8-10-21-9-4-5-11-23(21)24)25-12-6-7-14-27(25)33(20)18-17-32-22-15-16-26(31(35)37-3)28(19-22)36-2;1-13-19(17-10-4-5-12-18(17)21-13)20(22)16-11-6-8-14-7-2-3-9-15(14)16;1-15-10-7-8(13-6-5-12)3-4-9(10)11(14)16-2/h4-16,19,32H,17-18H2,1-3H3;2-12,21H,1H3;3-4,7,13H,5-6H2,1-2H3. The monoisotopic (exact) mass is 1020 g/mol. The molecule has 0 fully saturated rings. The van der Waals surface area contributed by atoms with Crippen LogP contribution in [0.15, 0.2) is 170 Å². The maximum atomic E-state index is 13.9. The maximum absolute atomic E-state index is 13.9. The van der Waals surface area contributed by atoms with E-state index in [1.54, 1.807) is 30.3 Å². The Labute approximate surface area is 440 Å². The maximum Gasteiger partial charge on any atom is 0.341 e. The van der Waals surface area contributed by atoms with Crippen LogP contribution >= 0.6 is 11.6 Å². The van der Waals surface area contributed by atoms with Crippen LogP contribution in [-0.4, -0.2) is 80.5 Å². The number of aromatic nitrogens is 2. The minimum absolute atomic E-state index is 0.0281. The number of halogens is 1. The zero-order valence-electron chi connectivity index (χ0n) is 42.6. The molecule has 10 aromatic rings. The molecule has 75 heavy (non-hydrogen) atoms. The highest BCUT2D eigenvalue weighted by atomic mass is 35.5. The predicted molar refractivity (Wildman–Crippen MR) is 301 cm³/mol. The number of hydrogen-bond donors (Lipinski definition) is 3. The molecule has 0 aliphatic rings. The van der Waals surface area contributed by atoms with Crippen molar-refractivity contribution in [2.75, 3.05) is 58.0 Å². The number of aromatic amines is 1. The van der Waals surface area contributed by atoms with Crippen molar-refractivity contribution in [3.05, 3.63) is 215 Å². The van der Waals surface area contributed by atoms with Crippen LogP contribution in [0.3, 0.4) is 0 Å². The number of nitrogens with zero attached hydrogens (tertiary/aromatic N) is 1. The third kappa shape index (κ3) is 11.4. The van der Waals surface area contributed by atoms with Crippen LogP contribution < -0.4 is 20.1 Å². The number of ketones is 2. The van der Waals surface area contributed by atoms with Crippen molar-refractivity contribution in [1.82, 2.24) is 9.55 Å². The number of hydrogen-bond acceptors (Lipinski definition) is 10. The summed E-state index contributed by atoms with van der Waals surface area (Å²) in [6.07, 6.45) is 0. The van der Waals surface area contributed by atoms with Crippen LogP contribution in [0.5, 0.6) is 11.5 Å². The van der Waals surface area contributed by atoms with Gasteiger partial charge in [-0.1, -0.05) is 121 Å². The van der Waals surface area contributed by atoms with Gasteiger partial charge in [0.05, 0.1) is 39.6 Å². The van der Waals surface area contributed by atoms with Crippen molar-refractivity contribution in [1.29, 1.82) is 0 Å². The van der Waals surface area contributed by atoms with Gasteiger partial charge in [-0.05, 0) is 71.8 Å². The number of para-hydroxylation sites is 2. The lowest BCUT2D eigenvalue weighted by atomic mass is 9.95. The number of anilines is 2. The number of nitrogens with one attached hydrogen (secondary N) is 3. The molecular weight excluding hydrogens is 964 g/mol. The minimum atomic E-state index is -0.443. The average molecular weight is 1020 g/mol. The van der Waals surface area contributed by atoms with Gasteiger partial charge in [0.25, 0.3) is 0 Å². The highest BCUT2D eigenvalue weighted by Gasteiger charge is 2.23. The lowest BCUT2D eigenvalue weighted by Crippen LogP contribution is -2.13. The fourth-order valence-electron chi connectivity index (χ4n) is 9.35. The number of methoxy groups -OCH3 is 4. The topological polar surface area (TPSA) is 150 Å². The first-order valence-corrected chi connectivity index (χ1v) is 24.8. The molecule has 380 valence electrons. The summed E-state index contributed by atoms with van der Waals surface area (Å²) in [6, 6.07) is 54.2. The summed E-state index contributed by atoms with van der Waals surface area (Å²) in [5.41, 5.74) is 9.29. The molecule has 2 heterocycles. The first kappa shape index (κ1) is 52.5. The van der Waals surface area contributed by atoms with Crippen LogP contribution in [0.2, 0.25) is 0 Å². The van der Waals surface area contributed by atoms with Crippen molar-refractivity contribution in [3.8, 4) is 11.5 Å². The molecule has 3 N–H and O–H groups in total. The predicted octanol–water partition coefficient (Wildman–Crippen LogP) is 13.2. The van der Waals surface area contributed by atoms with Crippen LogP contribution in [0, 0.1) is 13.8 Å². The van der Waals surface area contributed by atoms with Crippen LogP contribution in [0.4, 0.5) is 11.4 Å². The van der Waals surface area contributed by atoms with E-state index >= 15 is 0 Å². The highest BCUT2D eigenvalue weighted by molar-refractivity contribution is 6.23. The Morgan fingerprint density at radius 1 is 0.507 bits per heavy atom. The molecule has 0 saturated heterocycles. The fraction of sp³-hybridized carbons (Fsp3) is 0.161. The van der Waals surface area contributed by atoms with E-state index in [0.717, 1.165) is 82.8 Å². The highest BCUT2D eigenvalue weighted by Crippen LogP contribution is 2.32. The van der Waals surface area contributed by atoms with E-state index in [-0.39, 0.29) is 11.6 Å². The number of carbonyl (C=O) groups excluding carboxylic acids is 4. The van der Waals surface area contributed by atoms with Crippen LogP contribution in [-0.2, 0) is 16.0 Å². The SMILES string of the molecule is COC(=O)c1ccc(NCCCl)cc1OC.COC(=O)c1ccc(NCCn2c(C)c(C(=O)c3cccc4ccccc34)c3ccccc32)cc1OC.Cc1[nH]c2ccccc2c1C(=O)c1cccc2ccccc12. The van der Waals surface area contributed by atoms with E-state index in [4.69, 9.17) is 25.8 Å². The molecule has 0 unspecified atom stereocenters. The summed E-state index contributed by atoms with van der Waals surface area (Å²) in [6.45, 7) is 5.88. The second-order valence-electron chi connectivity index (χ2n) is 17.4. The summed E-state index contributed by atoms with van der Waals surface area (Å²) < 4.78 is 22.1.